The number of pyridine rings is 1. The summed E-state index contributed by atoms with van der Waals surface area (Å²) >= 11 is 5.90. The standard InChI is InChI=1S/C12H10ClN3O3/c13-10-5-9(16(17)18)2-3-11(10)19-12-4-1-8(6-14)7-15-12/h1-5,7H,6,14H2. The summed E-state index contributed by atoms with van der Waals surface area (Å²) in [7, 11) is 0. The summed E-state index contributed by atoms with van der Waals surface area (Å²) in [5.74, 6) is 0.646. The van der Waals surface area contributed by atoms with Crippen LogP contribution >= 0.6 is 11.6 Å². The van der Waals surface area contributed by atoms with E-state index in [1.54, 1.807) is 18.3 Å². The van der Waals surface area contributed by atoms with Crippen molar-refractivity contribution in [3.8, 4) is 11.6 Å². The molecule has 1 aromatic heterocycles. The van der Waals surface area contributed by atoms with Crippen LogP contribution in [0, 0.1) is 10.1 Å². The number of hydrogen-bond donors (Lipinski definition) is 1. The maximum Gasteiger partial charge on any atom is 0.271 e. The molecule has 0 aliphatic rings. The van der Waals surface area contributed by atoms with Crippen LogP contribution in [-0.4, -0.2) is 9.91 Å². The van der Waals surface area contributed by atoms with Crippen molar-refractivity contribution in [2.24, 2.45) is 5.73 Å². The van der Waals surface area contributed by atoms with Gasteiger partial charge in [0.15, 0.2) is 0 Å². The van der Waals surface area contributed by atoms with Crippen molar-refractivity contribution in [2.75, 3.05) is 0 Å². The van der Waals surface area contributed by atoms with Gasteiger partial charge < -0.3 is 10.5 Å². The molecular weight excluding hydrogens is 270 g/mol. The summed E-state index contributed by atoms with van der Waals surface area (Å²) in [6.07, 6.45) is 1.59. The number of halogens is 1. The molecule has 0 atom stereocenters. The second-order valence-corrected chi connectivity index (χ2v) is 4.09. The molecule has 7 heteroatoms. The first-order valence-electron chi connectivity index (χ1n) is 5.37. The first-order valence-corrected chi connectivity index (χ1v) is 5.74. The third-order valence-electron chi connectivity index (χ3n) is 2.37. The summed E-state index contributed by atoms with van der Waals surface area (Å²) in [5, 5.41) is 10.7. The van der Waals surface area contributed by atoms with Crippen LogP contribution in [0.2, 0.25) is 5.02 Å². The number of nitrogens with zero attached hydrogens (tertiary/aromatic N) is 2. The first-order chi connectivity index (χ1) is 9.10. The monoisotopic (exact) mass is 279 g/mol. The van der Waals surface area contributed by atoms with Gasteiger partial charge in [0, 0.05) is 30.9 Å². The van der Waals surface area contributed by atoms with Crippen LogP contribution in [0.25, 0.3) is 0 Å². The lowest BCUT2D eigenvalue weighted by Crippen LogP contribution is -1.97. The molecule has 2 N–H and O–H groups in total. The number of nitrogens with two attached hydrogens (primary N) is 1. The van der Waals surface area contributed by atoms with E-state index in [4.69, 9.17) is 22.1 Å². The quantitative estimate of drug-likeness (QED) is 0.686. The predicted octanol–water partition coefficient (Wildman–Crippen LogP) is 2.89. The molecule has 0 bridgehead atoms. The number of ether oxygens (including phenoxy) is 1. The van der Waals surface area contributed by atoms with Gasteiger partial charge in [0.1, 0.15) is 5.75 Å². The van der Waals surface area contributed by atoms with Gasteiger partial charge in [-0.1, -0.05) is 17.7 Å². The van der Waals surface area contributed by atoms with Crippen molar-refractivity contribution in [3.05, 3.63) is 57.2 Å². The average Bonchev–Trinajstić information content (AvgIpc) is 2.41. The van der Waals surface area contributed by atoms with Gasteiger partial charge in [-0.3, -0.25) is 10.1 Å². The van der Waals surface area contributed by atoms with Gasteiger partial charge in [-0.25, -0.2) is 4.98 Å². The minimum Gasteiger partial charge on any atom is -0.437 e. The molecule has 0 spiro atoms. The predicted molar refractivity (Wildman–Crippen MR) is 70.3 cm³/mol. The molecule has 6 nitrogen and oxygen atoms in total. The van der Waals surface area contributed by atoms with Crippen LogP contribution in [0.5, 0.6) is 11.6 Å². The summed E-state index contributed by atoms with van der Waals surface area (Å²) in [6.45, 7) is 0.394. The van der Waals surface area contributed by atoms with Gasteiger partial charge in [0.05, 0.1) is 9.95 Å². The van der Waals surface area contributed by atoms with Gasteiger partial charge in [-0.15, -0.1) is 0 Å². The van der Waals surface area contributed by atoms with Crippen molar-refractivity contribution in [2.45, 2.75) is 6.54 Å². The Bertz CT molecular complexity index is 602. The summed E-state index contributed by atoms with van der Waals surface area (Å²) < 4.78 is 5.44. The number of aromatic nitrogens is 1. The molecule has 0 aliphatic heterocycles. The Morgan fingerprint density at radius 2 is 2.16 bits per heavy atom. The van der Waals surface area contributed by atoms with Gasteiger partial charge in [0.25, 0.3) is 5.69 Å². The molecule has 1 aromatic carbocycles. The Morgan fingerprint density at radius 3 is 2.68 bits per heavy atom. The van der Waals surface area contributed by atoms with Crippen molar-refractivity contribution in [1.82, 2.24) is 4.98 Å². The first kappa shape index (κ1) is 13.3. The minimum absolute atomic E-state index is 0.0937. The fourth-order valence-electron chi connectivity index (χ4n) is 1.39. The molecule has 2 rings (SSSR count). The van der Waals surface area contributed by atoms with E-state index in [0.717, 1.165) is 5.56 Å². The number of hydrogen-bond acceptors (Lipinski definition) is 5. The van der Waals surface area contributed by atoms with Crippen LogP contribution in [0.4, 0.5) is 5.69 Å². The number of rotatable bonds is 4. The molecule has 0 aliphatic carbocycles. The van der Waals surface area contributed by atoms with E-state index in [-0.39, 0.29) is 10.7 Å². The number of benzene rings is 1. The third-order valence-corrected chi connectivity index (χ3v) is 2.67. The van der Waals surface area contributed by atoms with E-state index in [9.17, 15) is 10.1 Å². The molecule has 0 radical (unpaired) electrons. The second-order valence-electron chi connectivity index (χ2n) is 3.68. The number of nitro benzene ring substituents is 1. The van der Waals surface area contributed by atoms with Crippen molar-refractivity contribution in [1.29, 1.82) is 0 Å². The lowest BCUT2D eigenvalue weighted by molar-refractivity contribution is -0.384. The largest absolute Gasteiger partial charge is 0.437 e. The molecule has 19 heavy (non-hydrogen) atoms. The molecule has 0 saturated heterocycles. The summed E-state index contributed by atoms with van der Waals surface area (Å²) in [4.78, 5) is 14.1. The fourth-order valence-corrected chi connectivity index (χ4v) is 1.60. The highest BCUT2D eigenvalue weighted by Gasteiger charge is 2.11. The Kier molecular flexibility index (Phi) is 3.94. The Hall–Kier alpha value is -2.18. The molecule has 0 unspecified atom stereocenters. The molecular formula is C12H10ClN3O3. The van der Waals surface area contributed by atoms with Gasteiger partial charge in [-0.2, -0.15) is 0 Å². The van der Waals surface area contributed by atoms with Crippen LogP contribution < -0.4 is 10.5 Å². The highest BCUT2D eigenvalue weighted by molar-refractivity contribution is 6.32. The molecule has 0 amide bonds. The van der Waals surface area contributed by atoms with Gasteiger partial charge >= 0.3 is 0 Å². The highest BCUT2D eigenvalue weighted by atomic mass is 35.5. The van der Waals surface area contributed by atoms with E-state index in [2.05, 4.69) is 4.98 Å². The SMILES string of the molecule is NCc1ccc(Oc2ccc([N+](=O)[O-])cc2Cl)nc1. The van der Waals surface area contributed by atoms with Crippen molar-refractivity contribution < 1.29 is 9.66 Å². The summed E-state index contributed by atoms with van der Waals surface area (Å²) in [5.41, 5.74) is 6.24. The maximum atomic E-state index is 10.6. The zero-order valence-electron chi connectivity index (χ0n) is 9.75. The number of non-ortho nitro benzene ring substituents is 1. The molecule has 0 fully saturated rings. The van der Waals surface area contributed by atoms with Gasteiger partial charge in [-0.05, 0) is 11.6 Å². The Balaban J connectivity index is 2.20. The van der Waals surface area contributed by atoms with E-state index in [0.29, 0.717) is 18.2 Å². The van der Waals surface area contributed by atoms with E-state index in [1.165, 1.54) is 18.2 Å². The topological polar surface area (TPSA) is 91.3 Å². The zero-order chi connectivity index (χ0) is 13.8. The van der Waals surface area contributed by atoms with E-state index in [1.807, 2.05) is 0 Å². The van der Waals surface area contributed by atoms with Gasteiger partial charge in [0.2, 0.25) is 5.88 Å². The molecule has 2 aromatic rings. The van der Waals surface area contributed by atoms with Crippen LogP contribution in [0.3, 0.4) is 0 Å². The highest BCUT2D eigenvalue weighted by Crippen LogP contribution is 2.31. The lowest BCUT2D eigenvalue weighted by Gasteiger charge is -2.06. The smallest absolute Gasteiger partial charge is 0.271 e. The molecule has 0 saturated carbocycles. The Labute approximate surface area is 113 Å². The lowest BCUT2D eigenvalue weighted by atomic mass is 10.3. The zero-order valence-corrected chi connectivity index (χ0v) is 10.5. The fraction of sp³-hybridized carbons (Fsp3) is 0.0833. The van der Waals surface area contributed by atoms with Crippen LogP contribution in [0.15, 0.2) is 36.5 Å². The summed E-state index contributed by atoms with van der Waals surface area (Å²) in [6, 6.07) is 7.40. The van der Waals surface area contributed by atoms with Crippen LogP contribution in [-0.2, 0) is 6.54 Å². The minimum atomic E-state index is -0.524. The van der Waals surface area contributed by atoms with Crippen molar-refractivity contribution in [3.63, 3.8) is 0 Å². The van der Waals surface area contributed by atoms with Crippen molar-refractivity contribution >= 4 is 17.3 Å². The molecule has 98 valence electrons. The third kappa shape index (κ3) is 3.18. The average molecular weight is 280 g/mol. The van der Waals surface area contributed by atoms with E-state index < -0.39 is 4.92 Å². The van der Waals surface area contributed by atoms with E-state index >= 15 is 0 Å². The number of nitro groups is 1. The normalized spacial score (nSPS) is 10.2. The maximum absolute atomic E-state index is 10.6. The Morgan fingerprint density at radius 1 is 1.37 bits per heavy atom. The second kappa shape index (κ2) is 5.64. The van der Waals surface area contributed by atoms with Crippen LogP contribution in [0.1, 0.15) is 5.56 Å². The molecule has 1 heterocycles.